The van der Waals surface area contributed by atoms with Gasteiger partial charge in [0.15, 0.2) is 0 Å². The van der Waals surface area contributed by atoms with Crippen LogP contribution in [0, 0.1) is 10.1 Å². The molecule has 182 valence electrons. The molecule has 0 radical (unpaired) electrons. The highest BCUT2D eigenvalue weighted by Gasteiger charge is 2.20. The van der Waals surface area contributed by atoms with Crippen LogP contribution in [0.2, 0.25) is 0 Å². The van der Waals surface area contributed by atoms with Crippen LogP contribution in [0.25, 0.3) is 22.0 Å². The first-order valence-corrected chi connectivity index (χ1v) is 11.4. The molecule has 2 heterocycles. The van der Waals surface area contributed by atoms with Crippen molar-refractivity contribution in [1.29, 1.82) is 0 Å². The van der Waals surface area contributed by atoms with Crippen molar-refractivity contribution in [2.75, 3.05) is 36.5 Å². The van der Waals surface area contributed by atoms with Gasteiger partial charge in [0.25, 0.3) is 17.2 Å². The molecule has 1 saturated heterocycles. The summed E-state index contributed by atoms with van der Waals surface area (Å²) in [7, 11) is 1.61. The Kier molecular flexibility index (Phi) is 6.17. The average molecular weight is 486 g/mol. The molecule has 36 heavy (non-hydrogen) atoms. The number of anilines is 2. The lowest BCUT2D eigenvalue weighted by atomic mass is 10.0. The molecule has 1 amide bonds. The summed E-state index contributed by atoms with van der Waals surface area (Å²) in [6.45, 7) is 2.48. The molecular weight excluding hydrogens is 462 g/mol. The second kappa shape index (κ2) is 9.59. The molecule has 1 aliphatic heterocycles. The van der Waals surface area contributed by atoms with E-state index in [1.807, 2.05) is 36.4 Å². The lowest BCUT2D eigenvalue weighted by Gasteiger charge is -2.31. The van der Waals surface area contributed by atoms with Gasteiger partial charge in [-0.2, -0.15) is 5.10 Å². The van der Waals surface area contributed by atoms with E-state index < -0.39 is 10.8 Å². The standard InChI is InChI=1S/C26H23N5O5/c1-29-26(33)21-5-3-2-4-20(21)24(28-29)18-8-11-23(30-12-14-36-15-13-30)22(16-18)27-25(32)17-6-9-19(10-7-17)31(34)35/h2-11,16H,12-15H2,1H3,(H,27,32). The van der Waals surface area contributed by atoms with Gasteiger partial charge in [0.05, 0.1) is 40.6 Å². The molecular formula is C26H23N5O5. The Balaban J connectivity index is 1.58. The zero-order valence-corrected chi connectivity index (χ0v) is 19.5. The van der Waals surface area contributed by atoms with E-state index in [-0.39, 0.29) is 11.2 Å². The smallest absolute Gasteiger partial charge is 0.274 e. The second-order valence-electron chi connectivity index (χ2n) is 8.41. The molecule has 0 saturated carbocycles. The Morgan fingerprint density at radius 3 is 2.42 bits per heavy atom. The van der Waals surface area contributed by atoms with Crippen LogP contribution in [-0.2, 0) is 11.8 Å². The van der Waals surface area contributed by atoms with Gasteiger partial charge in [-0.05, 0) is 30.3 Å². The van der Waals surface area contributed by atoms with Gasteiger partial charge < -0.3 is 15.0 Å². The lowest BCUT2D eigenvalue weighted by Crippen LogP contribution is -2.36. The van der Waals surface area contributed by atoms with E-state index in [0.29, 0.717) is 54.0 Å². The highest BCUT2D eigenvalue weighted by Crippen LogP contribution is 2.34. The average Bonchev–Trinajstić information content (AvgIpc) is 2.91. The molecule has 0 unspecified atom stereocenters. The van der Waals surface area contributed by atoms with Gasteiger partial charge in [-0.1, -0.05) is 24.3 Å². The third-order valence-electron chi connectivity index (χ3n) is 6.17. The molecule has 1 N–H and O–H groups in total. The first-order valence-electron chi connectivity index (χ1n) is 11.4. The number of nitrogens with zero attached hydrogens (tertiary/aromatic N) is 4. The van der Waals surface area contributed by atoms with Crippen molar-refractivity contribution in [3.63, 3.8) is 0 Å². The van der Waals surface area contributed by atoms with E-state index >= 15 is 0 Å². The van der Waals surface area contributed by atoms with Crippen molar-refractivity contribution >= 4 is 33.7 Å². The van der Waals surface area contributed by atoms with E-state index in [1.54, 1.807) is 13.1 Å². The summed E-state index contributed by atoms with van der Waals surface area (Å²) in [5, 5.41) is 19.7. The number of nitrogens with one attached hydrogen (secondary N) is 1. The molecule has 1 aromatic heterocycles. The number of non-ortho nitro benzene ring substituents is 1. The molecule has 1 aliphatic rings. The molecule has 10 heteroatoms. The number of morpholine rings is 1. The minimum atomic E-state index is -0.508. The Hall–Kier alpha value is -4.57. The van der Waals surface area contributed by atoms with Gasteiger partial charge in [0, 0.05) is 48.8 Å². The number of amides is 1. The maximum Gasteiger partial charge on any atom is 0.274 e. The van der Waals surface area contributed by atoms with Crippen LogP contribution in [0.4, 0.5) is 17.1 Å². The van der Waals surface area contributed by atoms with Gasteiger partial charge >= 0.3 is 0 Å². The van der Waals surface area contributed by atoms with Crippen LogP contribution >= 0.6 is 0 Å². The van der Waals surface area contributed by atoms with E-state index in [4.69, 9.17) is 4.74 Å². The summed E-state index contributed by atoms with van der Waals surface area (Å²) in [6.07, 6.45) is 0. The Bertz CT molecular complexity index is 1520. The number of rotatable bonds is 5. The minimum absolute atomic E-state index is 0.0878. The number of hydrogen-bond acceptors (Lipinski definition) is 7. The quantitative estimate of drug-likeness (QED) is 0.339. The molecule has 5 rings (SSSR count). The number of aryl methyl sites for hydroxylation is 1. The monoisotopic (exact) mass is 485 g/mol. The maximum atomic E-state index is 13.1. The largest absolute Gasteiger partial charge is 0.378 e. The van der Waals surface area contributed by atoms with Crippen molar-refractivity contribution in [2.24, 2.45) is 7.05 Å². The van der Waals surface area contributed by atoms with Gasteiger partial charge in [-0.15, -0.1) is 0 Å². The van der Waals surface area contributed by atoms with Crippen molar-refractivity contribution < 1.29 is 14.5 Å². The predicted molar refractivity (Wildman–Crippen MR) is 137 cm³/mol. The highest BCUT2D eigenvalue weighted by molar-refractivity contribution is 6.07. The summed E-state index contributed by atoms with van der Waals surface area (Å²) in [5.74, 6) is -0.394. The number of fused-ring (bicyclic) bond motifs is 1. The first kappa shape index (κ1) is 23.2. The molecule has 4 aromatic rings. The summed E-state index contributed by atoms with van der Waals surface area (Å²) in [5.41, 5.74) is 2.76. The number of nitro groups is 1. The van der Waals surface area contributed by atoms with E-state index in [2.05, 4.69) is 15.3 Å². The zero-order valence-electron chi connectivity index (χ0n) is 19.5. The Morgan fingerprint density at radius 1 is 1.03 bits per heavy atom. The summed E-state index contributed by atoms with van der Waals surface area (Å²) in [4.78, 5) is 38.3. The number of nitro benzene ring substituents is 1. The maximum absolute atomic E-state index is 13.1. The fraction of sp³-hybridized carbons (Fsp3) is 0.192. The third kappa shape index (κ3) is 4.41. The molecule has 0 aliphatic carbocycles. The highest BCUT2D eigenvalue weighted by atomic mass is 16.6. The van der Waals surface area contributed by atoms with Crippen LogP contribution in [0.1, 0.15) is 10.4 Å². The van der Waals surface area contributed by atoms with Gasteiger partial charge in [0.1, 0.15) is 0 Å². The number of carbonyl (C=O) groups is 1. The van der Waals surface area contributed by atoms with Crippen LogP contribution in [0.15, 0.2) is 71.5 Å². The summed E-state index contributed by atoms with van der Waals surface area (Å²) < 4.78 is 6.79. The summed E-state index contributed by atoms with van der Waals surface area (Å²) >= 11 is 0. The number of carbonyl (C=O) groups excluding carboxylic acids is 1. The van der Waals surface area contributed by atoms with Crippen molar-refractivity contribution in [1.82, 2.24) is 9.78 Å². The molecule has 1 fully saturated rings. The third-order valence-corrected chi connectivity index (χ3v) is 6.17. The molecule has 0 spiro atoms. The fourth-order valence-electron chi connectivity index (χ4n) is 4.31. The number of hydrogen-bond donors (Lipinski definition) is 1. The van der Waals surface area contributed by atoms with E-state index in [1.165, 1.54) is 28.9 Å². The number of benzene rings is 3. The molecule has 0 atom stereocenters. The number of ether oxygens (including phenoxy) is 1. The Labute approximate surface area is 205 Å². The zero-order chi connectivity index (χ0) is 25.2. The van der Waals surface area contributed by atoms with Crippen molar-refractivity contribution in [3.05, 3.63) is 92.8 Å². The van der Waals surface area contributed by atoms with Gasteiger partial charge in [0.2, 0.25) is 0 Å². The van der Waals surface area contributed by atoms with Gasteiger partial charge in [-0.3, -0.25) is 19.7 Å². The SMILES string of the molecule is Cn1nc(-c2ccc(N3CCOCC3)c(NC(=O)c3ccc([N+](=O)[O-])cc3)c2)c2ccccc2c1=O. The van der Waals surface area contributed by atoms with Crippen LogP contribution in [0.5, 0.6) is 0 Å². The number of aromatic nitrogens is 2. The van der Waals surface area contributed by atoms with Gasteiger partial charge in [-0.25, -0.2) is 4.68 Å². The lowest BCUT2D eigenvalue weighted by molar-refractivity contribution is -0.384. The molecule has 0 bridgehead atoms. The van der Waals surface area contributed by atoms with E-state index in [9.17, 15) is 19.7 Å². The second-order valence-corrected chi connectivity index (χ2v) is 8.41. The van der Waals surface area contributed by atoms with E-state index in [0.717, 1.165) is 11.3 Å². The molecule has 3 aromatic carbocycles. The Morgan fingerprint density at radius 2 is 1.72 bits per heavy atom. The summed E-state index contributed by atoms with van der Waals surface area (Å²) in [6, 6.07) is 18.4. The normalized spacial score (nSPS) is 13.5. The predicted octanol–water partition coefficient (Wildman–Crippen LogP) is 3.60. The fourth-order valence-corrected chi connectivity index (χ4v) is 4.31. The topological polar surface area (TPSA) is 120 Å². The molecule has 10 nitrogen and oxygen atoms in total. The first-order chi connectivity index (χ1) is 17.4. The minimum Gasteiger partial charge on any atom is -0.378 e. The van der Waals surface area contributed by atoms with Crippen molar-refractivity contribution in [2.45, 2.75) is 0 Å². The van der Waals surface area contributed by atoms with Crippen LogP contribution in [-0.4, -0.2) is 46.9 Å². The van der Waals surface area contributed by atoms with Crippen LogP contribution < -0.4 is 15.8 Å². The van der Waals surface area contributed by atoms with Crippen molar-refractivity contribution in [3.8, 4) is 11.3 Å². The van der Waals surface area contributed by atoms with Crippen LogP contribution in [0.3, 0.4) is 0 Å².